The van der Waals surface area contributed by atoms with E-state index >= 15 is 0 Å². The van der Waals surface area contributed by atoms with E-state index in [0.717, 1.165) is 23.9 Å². The molecule has 76 valence electrons. The predicted octanol–water partition coefficient (Wildman–Crippen LogP) is 2.95. The summed E-state index contributed by atoms with van der Waals surface area (Å²) in [4.78, 5) is 0. The maximum Gasteiger partial charge on any atom is 0.00978 e. The molecule has 3 atom stereocenters. The lowest BCUT2D eigenvalue weighted by molar-refractivity contribution is 0.172. The zero-order chi connectivity index (χ0) is 9.26. The number of rotatable bonds is 2. The first kappa shape index (κ1) is 9.51. The van der Waals surface area contributed by atoms with Crippen molar-refractivity contribution in [1.82, 2.24) is 5.32 Å². The molecule has 0 aliphatic heterocycles. The molecule has 2 aliphatic rings. The predicted molar refractivity (Wildman–Crippen MR) is 56.7 cm³/mol. The lowest BCUT2D eigenvalue weighted by atomic mass is 9.77. The fraction of sp³-hybridized carbons (Fsp3) is 1.00. The minimum absolute atomic E-state index is 0.828. The summed E-state index contributed by atoms with van der Waals surface area (Å²) in [5.74, 6) is 1.83. The quantitative estimate of drug-likeness (QED) is 0.690. The van der Waals surface area contributed by atoms with Gasteiger partial charge in [0.1, 0.15) is 0 Å². The Morgan fingerprint density at radius 1 is 0.923 bits per heavy atom. The molecule has 0 aromatic rings. The van der Waals surface area contributed by atoms with Gasteiger partial charge in [-0.25, -0.2) is 0 Å². The second kappa shape index (κ2) is 4.00. The SMILES string of the molecule is C[C@@H]1[C@@H](C)CCC[C@H]1NC1CCC1. The van der Waals surface area contributed by atoms with Crippen molar-refractivity contribution in [3.63, 3.8) is 0 Å². The molecule has 0 aromatic heterocycles. The van der Waals surface area contributed by atoms with Gasteiger partial charge in [-0.2, -0.15) is 0 Å². The standard InChI is InChI=1S/C12H23N/c1-9-5-3-8-12(10(9)2)13-11-6-4-7-11/h9-13H,3-8H2,1-2H3/t9-,10+,12+/m0/s1. The number of hydrogen-bond donors (Lipinski definition) is 1. The highest BCUT2D eigenvalue weighted by atomic mass is 15.0. The second-order valence-corrected chi connectivity index (χ2v) is 5.17. The van der Waals surface area contributed by atoms with Crippen molar-refractivity contribution in [3.8, 4) is 0 Å². The maximum absolute atomic E-state index is 3.84. The Bertz CT molecular complexity index is 163. The van der Waals surface area contributed by atoms with Crippen LogP contribution >= 0.6 is 0 Å². The number of nitrogens with one attached hydrogen (secondary N) is 1. The molecule has 0 radical (unpaired) electrons. The summed E-state index contributed by atoms with van der Waals surface area (Å²) in [6.45, 7) is 4.85. The van der Waals surface area contributed by atoms with Crippen LogP contribution in [0.15, 0.2) is 0 Å². The van der Waals surface area contributed by atoms with Gasteiger partial charge in [0, 0.05) is 12.1 Å². The third-order valence-electron chi connectivity index (χ3n) is 4.26. The third-order valence-corrected chi connectivity index (χ3v) is 4.26. The fourth-order valence-corrected chi connectivity index (χ4v) is 2.69. The Balaban J connectivity index is 1.82. The molecule has 0 aromatic carbocycles. The van der Waals surface area contributed by atoms with E-state index in [9.17, 15) is 0 Å². The van der Waals surface area contributed by atoms with E-state index in [1.165, 1.54) is 38.5 Å². The molecule has 2 aliphatic carbocycles. The summed E-state index contributed by atoms with van der Waals surface area (Å²) in [6.07, 6.45) is 8.62. The maximum atomic E-state index is 3.84. The van der Waals surface area contributed by atoms with Gasteiger partial charge in [-0.05, 0) is 31.1 Å². The lowest BCUT2D eigenvalue weighted by Crippen LogP contribution is -2.48. The van der Waals surface area contributed by atoms with Crippen LogP contribution in [0.3, 0.4) is 0 Å². The van der Waals surface area contributed by atoms with Crippen molar-refractivity contribution in [2.24, 2.45) is 11.8 Å². The van der Waals surface area contributed by atoms with Crippen LogP contribution in [0.25, 0.3) is 0 Å². The Morgan fingerprint density at radius 2 is 1.62 bits per heavy atom. The van der Waals surface area contributed by atoms with Crippen molar-refractivity contribution in [1.29, 1.82) is 0 Å². The molecule has 0 amide bonds. The van der Waals surface area contributed by atoms with Crippen molar-refractivity contribution < 1.29 is 0 Å². The molecule has 0 bridgehead atoms. The van der Waals surface area contributed by atoms with Crippen LogP contribution in [0.1, 0.15) is 52.4 Å². The zero-order valence-corrected chi connectivity index (χ0v) is 9.05. The molecule has 0 heterocycles. The number of hydrogen-bond acceptors (Lipinski definition) is 1. The first-order valence-corrected chi connectivity index (χ1v) is 6.03. The van der Waals surface area contributed by atoms with Crippen LogP contribution in [-0.4, -0.2) is 12.1 Å². The zero-order valence-electron chi connectivity index (χ0n) is 9.05. The molecule has 0 unspecified atom stereocenters. The first-order chi connectivity index (χ1) is 6.27. The summed E-state index contributed by atoms with van der Waals surface area (Å²) in [5, 5.41) is 3.84. The summed E-state index contributed by atoms with van der Waals surface area (Å²) >= 11 is 0. The van der Waals surface area contributed by atoms with Crippen LogP contribution in [0.4, 0.5) is 0 Å². The van der Waals surface area contributed by atoms with E-state index in [1.807, 2.05) is 0 Å². The highest BCUT2D eigenvalue weighted by Gasteiger charge is 2.29. The van der Waals surface area contributed by atoms with Gasteiger partial charge >= 0.3 is 0 Å². The van der Waals surface area contributed by atoms with Crippen LogP contribution in [0, 0.1) is 11.8 Å². The van der Waals surface area contributed by atoms with E-state index in [4.69, 9.17) is 0 Å². The van der Waals surface area contributed by atoms with Gasteiger partial charge in [-0.15, -0.1) is 0 Å². The summed E-state index contributed by atoms with van der Waals surface area (Å²) < 4.78 is 0. The second-order valence-electron chi connectivity index (χ2n) is 5.17. The van der Waals surface area contributed by atoms with Gasteiger partial charge in [-0.3, -0.25) is 0 Å². The van der Waals surface area contributed by atoms with E-state index in [1.54, 1.807) is 0 Å². The average molecular weight is 181 g/mol. The highest BCUT2D eigenvalue weighted by molar-refractivity contribution is 4.87. The van der Waals surface area contributed by atoms with Crippen LogP contribution < -0.4 is 5.32 Å². The van der Waals surface area contributed by atoms with Crippen LogP contribution in [0.5, 0.6) is 0 Å². The van der Waals surface area contributed by atoms with E-state index < -0.39 is 0 Å². The molecule has 2 rings (SSSR count). The molecule has 1 heteroatoms. The van der Waals surface area contributed by atoms with Crippen LogP contribution in [0.2, 0.25) is 0 Å². The van der Waals surface area contributed by atoms with Crippen molar-refractivity contribution in [2.75, 3.05) is 0 Å². The van der Waals surface area contributed by atoms with Gasteiger partial charge in [0.25, 0.3) is 0 Å². The van der Waals surface area contributed by atoms with Gasteiger partial charge in [0.15, 0.2) is 0 Å². The topological polar surface area (TPSA) is 12.0 Å². The Morgan fingerprint density at radius 3 is 2.23 bits per heavy atom. The largest absolute Gasteiger partial charge is 0.311 e. The highest BCUT2D eigenvalue weighted by Crippen LogP contribution is 2.31. The molecular weight excluding hydrogens is 158 g/mol. The van der Waals surface area contributed by atoms with Crippen molar-refractivity contribution >= 4 is 0 Å². The van der Waals surface area contributed by atoms with Crippen molar-refractivity contribution in [2.45, 2.75) is 64.5 Å². The smallest absolute Gasteiger partial charge is 0.00978 e. The molecule has 2 saturated carbocycles. The molecule has 1 nitrogen and oxygen atoms in total. The van der Waals surface area contributed by atoms with E-state index in [0.29, 0.717) is 0 Å². The Kier molecular flexibility index (Phi) is 2.92. The summed E-state index contributed by atoms with van der Waals surface area (Å²) in [6, 6.07) is 1.70. The third kappa shape index (κ3) is 2.07. The molecule has 2 fully saturated rings. The van der Waals surface area contributed by atoms with Gasteiger partial charge in [0.05, 0.1) is 0 Å². The Hall–Kier alpha value is -0.0400. The minimum atomic E-state index is 0.828. The summed E-state index contributed by atoms with van der Waals surface area (Å²) in [7, 11) is 0. The molecular formula is C12H23N. The van der Waals surface area contributed by atoms with Crippen molar-refractivity contribution in [3.05, 3.63) is 0 Å². The fourth-order valence-electron chi connectivity index (χ4n) is 2.69. The average Bonchev–Trinajstić information content (AvgIpc) is 2.04. The van der Waals surface area contributed by atoms with Gasteiger partial charge in [-0.1, -0.05) is 33.1 Å². The van der Waals surface area contributed by atoms with Gasteiger partial charge < -0.3 is 5.32 Å². The molecule has 0 spiro atoms. The first-order valence-electron chi connectivity index (χ1n) is 6.03. The normalized spacial score (nSPS) is 41.5. The molecule has 1 N–H and O–H groups in total. The van der Waals surface area contributed by atoms with E-state index in [-0.39, 0.29) is 0 Å². The van der Waals surface area contributed by atoms with Gasteiger partial charge in [0.2, 0.25) is 0 Å². The van der Waals surface area contributed by atoms with Crippen LogP contribution in [-0.2, 0) is 0 Å². The minimum Gasteiger partial charge on any atom is -0.311 e. The summed E-state index contributed by atoms with van der Waals surface area (Å²) in [5.41, 5.74) is 0. The molecule has 13 heavy (non-hydrogen) atoms. The molecule has 0 saturated heterocycles. The lowest BCUT2D eigenvalue weighted by Gasteiger charge is -2.39. The Labute approximate surface area is 82.3 Å². The van der Waals surface area contributed by atoms with E-state index in [2.05, 4.69) is 19.2 Å². The monoisotopic (exact) mass is 181 g/mol.